The molecule has 5 rings (SSSR count). The first kappa shape index (κ1) is 19.5. The molecule has 0 aliphatic carbocycles. The summed E-state index contributed by atoms with van der Waals surface area (Å²) < 4.78 is 1.82. The summed E-state index contributed by atoms with van der Waals surface area (Å²) in [4.78, 5) is 23.2. The van der Waals surface area contributed by atoms with Gasteiger partial charge >= 0.3 is 0 Å². The second kappa shape index (κ2) is 8.35. The summed E-state index contributed by atoms with van der Waals surface area (Å²) in [6, 6.07) is 15.8. The normalized spacial score (nSPS) is 17.1. The lowest BCUT2D eigenvalue weighted by molar-refractivity contribution is -0.121. The zero-order chi connectivity index (χ0) is 21.2. The molecule has 31 heavy (non-hydrogen) atoms. The molecule has 1 aliphatic heterocycles. The second-order valence-electron chi connectivity index (χ2n) is 8.27. The molecule has 1 unspecified atom stereocenters. The molecule has 2 aromatic heterocycles. The summed E-state index contributed by atoms with van der Waals surface area (Å²) in [5.41, 5.74) is 4.96. The van der Waals surface area contributed by atoms with Crippen molar-refractivity contribution in [2.75, 3.05) is 18.4 Å². The van der Waals surface area contributed by atoms with E-state index >= 15 is 0 Å². The van der Waals surface area contributed by atoms with E-state index < -0.39 is 0 Å². The van der Waals surface area contributed by atoms with E-state index in [4.69, 9.17) is 0 Å². The molecule has 2 aromatic carbocycles. The van der Waals surface area contributed by atoms with Gasteiger partial charge in [0.15, 0.2) is 0 Å². The number of anilines is 1. The average Bonchev–Trinajstić information content (AvgIpc) is 3.40. The lowest BCUT2D eigenvalue weighted by Crippen LogP contribution is -2.40. The summed E-state index contributed by atoms with van der Waals surface area (Å²) in [5.74, 6) is 0.922. The predicted molar refractivity (Wildman–Crippen MR) is 121 cm³/mol. The summed E-state index contributed by atoms with van der Waals surface area (Å²) in [7, 11) is 1.93. The molecule has 1 fully saturated rings. The minimum Gasteiger partial charge on any atom is -0.338 e. The van der Waals surface area contributed by atoms with Gasteiger partial charge in [0.05, 0.1) is 23.1 Å². The van der Waals surface area contributed by atoms with Crippen LogP contribution in [0.5, 0.6) is 0 Å². The molecule has 0 radical (unpaired) electrons. The number of carbonyl (C=O) groups is 1. The molecule has 1 atom stereocenters. The number of hydrogen-bond donors (Lipinski definition) is 2. The highest BCUT2D eigenvalue weighted by Gasteiger charge is 2.26. The highest BCUT2D eigenvalue weighted by atomic mass is 16.1. The van der Waals surface area contributed by atoms with Crippen molar-refractivity contribution >= 4 is 22.6 Å². The van der Waals surface area contributed by atoms with Crippen LogP contribution >= 0.6 is 0 Å². The van der Waals surface area contributed by atoms with Gasteiger partial charge in [-0.25, -0.2) is 4.98 Å². The van der Waals surface area contributed by atoms with Gasteiger partial charge in [-0.15, -0.1) is 0 Å². The van der Waals surface area contributed by atoms with Crippen LogP contribution in [0.3, 0.4) is 0 Å². The van der Waals surface area contributed by atoms with Crippen LogP contribution in [-0.2, 0) is 18.4 Å². The van der Waals surface area contributed by atoms with Crippen molar-refractivity contribution in [1.29, 1.82) is 0 Å². The smallest absolute Gasteiger partial charge is 0.228 e. The van der Waals surface area contributed by atoms with Gasteiger partial charge in [-0.1, -0.05) is 12.1 Å². The van der Waals surface area contributed by atoms with Crippen molar-refractivity contribution in [1.82, 2.24) is 24.6 Å². The number of para-hydroxylation sites is 2. The van der Waals surface area contributed by atoms with E-state index in [1.165, 1.54) is 5.56 Å². The Morgan fingerprint density at radius 2 is 2.03 bits per heavy atom. The fourth-order valence-electron chi connectivity index (χ4n) is 4.27. The van der Waals surface area contributed by atoms with Crippen LogP contribution < -0.4 is 5.32 Å². The van der Waals surface area contributed by atoms with Crippen molar-refractivity contribution in [3.05, 3.63) is 66.5 Å². The third-order valence-corrected chi connectivity index (χ3v) is 5.86. The van der Waals surface area contributed by atoms with Crippen LogP contribution in [0.25, 0.3) is 22.4 Å². The maximum Gasteiger partial charge on any atom is 0.228 e. The van der Waals surface area contributed by atoms with Gasteiger partial charge in [-0.3, -0.25) is 14.4 Å². The van der Waals surface area contributed by atoms with Crippen LogP contribution in [0.15, 0.2) is 60.9 Å². The molecule has 158 valence electrons. The number of aromatic nitrogens is 4. The molecule has 1 saturated heterocycles. The van der Waals surface area contributed by atoms with E-state index in [-0.39, 0.29) is 11.8 Å². The molecule has 7 heteroatoms. The Hall–Kier alpha value is -3.45. The molecule has 4 aromatic rings. The summed E-state index contributed by atoms with van der Waals surface area (Å²) in [5, 5.41) is 7.33. The number of carbonyl (C=O) groups excluding carboxylic acids is 1. The third kappa shape index (κ3) is 4.36. The predicted octanol–water partition coefficient (Wildman–Crippen LogP) is 3.81. The van der Waals surface area contributed by atoms with E-state index in [0.29, 0.717) is 0 Å². The van der Waals surface area contributed by atoms with Crippen LogP contribution in [0.4, 0.5) is 5.69 Å². The van der Waals surface area contributed by atoms with Crippen molar-refractivity contribution in [2.24, 2.45) is 13.0 Å². The maximum absolute atomic E-state index is 12.9. The number of aromatic amines is 1. The minimum atomic E-state index is 0.000436. The Kier molecular flexibility index (Phi) is 5.26. The molecule has 3 heterocycles. The number of nitrogens with one attached hydrogen (secondary N) is 2. The number of likely N-dealkylation sites (tertiary alicyclic amines) is 1. The largest absolute Gasteiger partial charge is 0.338 e. The Morgan fingerprint density at radius 3 is 2.81 bits per heavy atom. The van der Waals surface area contributed by atoms with E-state index in [1.54, 1.807) is 0 Å². The standard InChI is InChI=1S/C24H26N6O/c1-29-14-17(13-25-29)15-30-12-4-5-19(16-30)24(31)26-20-10-8-18(9-11-20)23-27-21-6-2-3-7-22(21)28-23/h2-3,6-11,13-14,19H,4-5,12,15-16H2,1H3,(H,26,31)(H,27,28). The molecular formula is C24H26N6O. The molecule has 2 N–H and O–H groups in total. The van der Waals surface area contributed by atoms with E-state index in [0.717, 1.165) is 60.6 Å². The van der Waals surface area contributed by atoms with Gasteiger partial charge < -0.3 is 10.3 Å². The summed E-state index contributed by atoms with van der Waals surface area (Å²) in [6.07, 6.45) is 5.89. The number of fused-ring (bicyclic) bond motifs is 1. The van der Waals surface area contributed by atoms with Gasteiger partial charge in [0.1, 0.15) is 5.82 Å². The molecule has 0 saturated carbocycles. The topological polar surface area (TPSA) is 78.8 Å². The van der Waals surface area contributed by atoms with Crippen LogP contribution in [0.2, 0.25) is 0 Å². The number of aryl methyl sites for hydroxylation is 1. The number of H-pyrrole nitrogens is 1. The first-order valence-electron chi connectivity index (χ1n) is 10.7. The highest BCUT2D eigenvalue weighted by molar-refractivity contribution is 5.93. The highest BCUT2D eigenvalue weighted by Crippen LogP contribution is 2.24. The number of amides is 1. The van der Waals surface area contributed by atoms with Gasteiger partial charge in [-0.2, -0.15) is 5.10 Å². The number of hydrogen-bond acceptors (Lipinski definition) is 4. The zero-order valence-corrected chi connectivity index (χ0v) is 17.6. The fourth-order valence-corrected chi connectivity index (χ4v) is 4.27. The number of imidazole rings is 1. The van der Waals surface area contributed by atoms with Crippen molar-refractivity contribution in [3.63, 3.8) is 0 Å². The minimum absolute atomic E-state index is 0.000436. The van der Waals surface area contributed by atoms with Crippen molar-refractivity contribution in [2.45, 2.75) is 19.4 Å². The number of rotatable bonds is 5. The molecule has 1 amide bonds. The van der Waals surface area contributed by atoms with Gasteiger partial charge in [0, 0.05) is 43.1 Å². The summed E-state index contributed by atoms with van der Waals surface area (Å²) >= 11 is 0. The average molecular weight is 415 g/mol. The molecular weight excluding hydrogens is 388 g/mol. The Bertz CT molecular complexity index is 1160. The second-order valence-corrected chi connectivity index (χ2v) is 8.27. The Morgan fingerprint density at radius 1 is 1.19 bits per heavy atom. The zero-order valence-electron chi connectivity index (χ0n) is 17.6. The van der Waals surface area contributed by atoms with Crippen molar-refractivity contribution < 1.29 is 4.79 Å². The Labute approximate surface area is 181 Å². The third-order valence-electron chi connectivity index (χ3n) is 5.86. The monoisotopic (exact) mass is 414 g/mol. The SMILES string of the molecule is Cn1cc(CN2CCCC(C(=O)Nc3ccc(-c4nc5ccccc5[nH]4)cc3)C2)cn1. The van der Waals surface area contributed by atoms with Gasteiger partial charge in [-0.05, 0) is 55.8 Å². The Balaban J connectivity index is 1.21. The maximum atomic E-state index is 12.9. The van der Waals surface area contributed by atoms with Gasteiger partial charge in [0.25, 0.3) is 0 Å². The van der Waals surface area contributed by atoms with Crippen LogP contribution in [-0.4, -0.2) is 43.6 Å². The number of nitrogens with zero attached hydrogens (tertiary/aromatic N) is 4. The molecule has 0 spiro atoms. The van der Waals surface area contributed by atoms with E-state index in [2.05, 4.69) is 25.3 Å². The van der Waals surface area contributed by atoms with Crippen LogP contribution in [0, 0.1) is 5.92 Å². The first-order valence-corrected chi connectivity index (χ1v) is 10.7. The lowest BCUT2D eigenvalue weighted by atomic mass is 9.96. The van der Waals surface area contributed by atoms with E-state index in [1.807, 2.05) is 72.7 Å². The van der Waals surface area contributed by atoms with E-state index in [9.17, 15) is 4.79 Å². The van der Waals surface area contributed by atoms with Crippen LogP contribution in [0.1, 0.15) is 18.4 Å². The first-order chi connectivity index (χ1) is 15.1. The number of piperidine rings is 1. The quantitative estimate of drug-likeness (QED) is 0.520. The molecule has 0 bridgehead atoms. The van der Waals surface area contributed by atoms with Gasteiger partial charge in [0.2, 0.25) is 5.91 Å². The summed E-state index contributed by atoms with van der Waals surface area (Å²) in [6.45, 7) is 2.63. The fraction of sp³-hybridized carbons (Fsp3) is 0.292. The van der Waals surface area contributed by atoms with Crippen molar-refractivity contribution in [3.8, 4) is 11.4 Å². The number of benzene rings is 2. The lowest BCUT2D eigenvalue weighted by Gasteiger charge is -2.31. The molecule has 7 nitrogen and oxygen atoms in total. The molecule has 1 aliphatic rings.